The Morgan fingerprint density at radius 1 is 0.960 bits per heavy atom. The molecule has 0 aliphatic carbocycles. The molecule has 0 aromatic heterocycles. The predicted octanol–water partition coefficient (Wildman–Crippen LogP) is 2.76. The molecule has 1 fully saturated rings. The maximum absolute atomic E-state index is 12.5. The number of rotatable bonds is 7. The van der Waals surface area contributed by atoms with Gasteiger partial charge in [0, 0.05) is 0 Å². The van der Waals surface area contributed by atoms with Crippen LogP contribution in [-0.4, -0.2) is 36.6 Å². The van der Waals surface area contributed by atoms with Gasteiger partial charge in [0.2, 0.25) is 0 Å². The smallest absolute Gasteiger partial charge is 0.325 e. The Morgan fingerprint density at radius 2 is 1.60 bits per heavy atom. The van der Waals surface area contributed by atoms with E-state index in [1.54, 1.807) is 6.07 Å². The van der Waals surface area contributed by atoms with Crippen molar-refractivity contribution in [2.24, 2.45) is 0 Å². The van der Waals surface area contributed by atoms with Gasteiger partial charge in [-0.3, -0.25) is 9.69 Å². The Kier molecular flexibility index (Phi) is 5.18. The van der Waals surface area contributed by atoms with Crippen LogP contribution in [0.25, 0.3) is 0 Å². The minimum atomic E-state index is -0.635. The second-order valence-corrected chi connectivity index (χ2v) is 5.51. The molecule has 1 atom stereocenters. The summed E-state index contributed by atoms with van der Waals surface area (Å²) >= 11 is 0. The molecule has 6 heteroatoms. The lowest BCUT2D eigenvalue weighted by molar-refractivity contribution is -0.127. The normalized spacial score (nSPS) is 16.7. The van der Waals surface area contributed by atoms with Crippen molar-refractivity contribution in [3.8, 4) is 11.5 Å². The monoisotopic (exact) mass is 340 g/mol. The molecule has 6 nitrogen and oxygen atoms in total. The van der Waals surface area contributed by atoms with Crippen molar-refractivity contribution in [1.29, 1.82) is 0 Å². The van der Waals surface area contributed by atoms with Crippen molar-refractivity contribution in [3.63, 3.8) is 0 Å². The van der Waals surface area contributed by atoms with E-state index in [2.05, 4.69) is 5.32 Å². The van der Waals surface area contributed by atoms with Crippen LogP contribution in [0.2, 0.25) is 0 Å². The second-order valence-electron chi connectivity index (χ2n) is 5.51. The Bertz CT molecular complexity index is 748. The van der Waals surface area contributed by atoms with E-state index in [1.807, 2.05) is 55.5 Å². The molecule has 0 spiro atoms. The first-order chi connectivity index (χ1) is 12.2. The standard InChI is InChI=1S/C19H20N2O4/c1-2-24-15-10-6-7-11-16(15)25-13-12-21-18(22)17(20-19(21)23)14-8-4-3-5-9-14/h3-11,17H,2,12-13H2,1H3,(H,20,23). The first-order valence-electron chi connectivity index (χ1n) is 8.22. The number of nitrogens with one attached hydrogen (secondary N) is 1. The van der Waals surface area contributed by atoms with Crippen LogP contribution in [0.1, 0.15) is 18.5 Å². The highest BCUT2D eigenvalue weighted by Gasteiger charge is 2.38. The van der Waals surface area contributed by atoms with E-state index in [-0.39, 0.29) is 19.1 Å². The van der Waals surface area contributed by atoms with Gasteiger partial charge in [0.25, 0.3) is 5.91 Å². The third-order valence-electron chi connectivity index (χ3n) is 3.88. The molecule has 0 saturated carbocycles. The number of carbonyl (C=O) groups excluding carboxylic acids is 2. The highest BCUT2D eigenvalue weighted by atomic mass is 16.5. The van der Waals surface area contributed by atoms with E-state index < -0.39 is 12.1 Å². The van der Waals surface area contributed by atoms with Gasteiger partial charge >= 0.3 is 6.03 Å². The fraction of sp³-hybridized carbons (Fsp3) is 0.263. The Balaban J connectivity index is 1.60. The van der Waals surface area contributed by atoms with E-state index >= 15 is 0 Å². The van der Waals surface area contributed by atoms with Crippen LogP contribution in [0.3, 0.4) is 0 Å². The zero-order chi connectivity index (χ0) is 17.6. The van der Waals surface area contributed by atoms with E-state index in [0.29, 0.717) is 18.1 Å². The van der Waals surface area contributed by atoms with Crippen molar-refractivity contribution < 1.29 is 19.1 Å². The summed E-state index contributed by atoms with van der Waals surface area (Å²) in [5, 5.41) is 2.71. The van der Waals surface area contributed by atoms with E-state index in [4.69, 9.17) is 9.47 Å². The fourth-order valence-corrected chi connectivity index (χ4v) is 2.69. The average Bonchev–Trinajstić information content (AvgIpc) is 2.92. The van der Waals surface area contributed by atoms with Gasteiger partial charge in [-0.1, -0.05) is 42.5 Å². The molecule has 3 rings (SSSR count). The summed E-state index contributed by atoms with van der Waals surface area (Å²) in [4.78, 5) is 25.8. The zero-order valence-corrected chi connectivity index (χ0v) is 14.0. The first kappa shape index (κ1) is 16.8. The molecule has 1 N–H and O–H groups in total. The van der Waals surface area contributed by atoms with Gasteiger partial charge in [-0.15, -0.1) is 0 Å². The van der Waals surface area contributed by atoms with Crippen molar-refractivity contribution in [3.05, 3.63) is 60.2 Å². The lowest BCUT2D eigenvalue weighted by Gasteiger charge is -2.15. The highest BCUT2D eigenvalue weighted by molar-refractivity contribution is 6.04. The quantitative estimate of drug-likeness (QED) is 0.787. The van der Waals surface area contributed by atoms with Gasteiger partial charge in [0.15, 0.2) is 11.5 Å². The van der Waals surface area contributed by atoms with E-state index in [0.717, 1.165) is 5.56 Å². The predicted molar refractivity (Wildman–Crippen MR) is 92.5 cm³/mol. The molecule has 3 amide bonds. The maximum atomic E-state index is 12.5. The third kappa shape index (κ3) is 3.74. The molecule has 2 aromatic carbocycles. The first-order valence-corrected chi connectivity index (χ1v) is 8.22. The second kappa shape index (κ2) is 7.70. The number of nitrogens with zero attached hydrogens (tertiary/aromatic N) is 1. The number of ether oxygens (including phenoxy) is 2. The highest BCUT2D eigenvalue weighted by Crippen LogP contribution is 2.26. The van der Waals surface area contributed by atoms with Crippen LogP contribution < -0.4 is 14.8 Å². The van der Waals surface area contributed by atoms with Gasteiger partial charge < -0.3 is 14.8 Å². The molecular weight excluding hydrogens is 320 g/mol. The molecule has 0 bridgehead atoms. The molecule has 1 heterocycles. The van der Waals surface area contributed by atoms with Crippen molar-refractivity contribution in [1.82, 2.24) is 10.2 Å². The van der Waals surface area contributed by atoms with Crippen LogP contribution >= 0.6 is 0 Å². The summed E-state index contributed by atoms with van der Waals surface area (Å²) < 4.78 is 11.2. The minimum Gasteiger partial charge on any atom is -0.490 e. The van der Waals surface area contributed by atoms with Crippen LogP contribution in [0.4, 0.5) is 4.79 Å². The number of amides is 3. The third-order valence-corrected chi connectivity index (χ3v) is 3.88. The molecule has 25 heavy (non-hydrogen) atoms. The van der Waals surface area contributed by atoms with Gasteiger partial charge in [-0.25, -0.2) is 4.79 Å². The number of urea groups is 1. The van der Waals surface area contributed by atoms with Gasteiger partial charge in [0.1, 0.15) is 12.6 Å². The number of imide groups is 1. The minimum absolute atomic E-state index is 0.175. The summed E-state index contributed by atoms with van der Waals surface area (Å²) in [6.07, 6.45) is 0. The number of hydrogen-bond donors (Lipinski definition) is 1. The topological polar surface area (TPSA) is 67.9 Å². The lowest BCUT2D eigenvalue weighted by atomic mass is 10.1. The van der Waals surface area contributed by atoms with Gasteiger partial charge in [0.05, 0.1) is 13.2 Å². The number of para-hydroxylation sites is 2. The molecule has 1 saturated heterocycles. The SMILES string of the molecule is CCOc1ccccc1OCCN1C(=O)NC(c2ccccc2)C1=O. The van der Waals surface area contributed by atoms with Crippen LogP contribution in [0.5, 0.6) is 11.5 Å². The van der Waals surface area contributed by atoms with Gasteiger partial charge in [-0.2, -0.15) is 0 Å². The summed E-state index contributed by atoms with van der Waals surface area (Å²) in [6.45, 7) is 2.80. The number of benzene rings is 2. The number of carbonyl (C=O) groups is 2. The van der Waals surface area contributed by atoms with E-state index in [1.165, 1.54) is 4.90 Å². The maximum Gasteiger partial charge on any atom is 0.325 e. The molecular formula is C19H20N2O4. The summed E-state index contributed by atoms with van der Waals surface area (Å²) in [5.74, 6) is 0.971. The van der Waals surface area contributed by atoms with Gasteiger partial charge in [-0.05, 0) is 24.6 Å². The van der Waals surface area contributed by atoms with Crippen molar-refractivity contribution in [2.75, 3.05) is 19.8 Å². The van der Waals surface area contributed by atoms with Crippen molar-refractivity contribution in [2.45, 2.75) is 13.0 Å². The van der Waals surface area contributed by atoms with Crippen LogP contribution in [0, 0.1) is 0 Å². The summed E-state index contributed by atoms with van der Waals surface area (Å²) in [6, 6.07) is 15.5. The average molecular weight is 340 g/mol. The van der Waals surface area contributed by atoms with E-state index in [9.17, 15) is 9.59 Å². The number of hydrogen-bond acceptors (Lipinski definition) is 4. The Morgan fingerprint density at radius 3 is 2.28 bits per heavy atom. The summed E-state index contributed by atoms with van der Waals surface area (Å²) in [5.41, 5.74) is 0.769. The molecule has 1 unspecified atom stereocenters. The molecule has 1 aliphatic rings. The lowest BCUT2D eigenvalue weighted by Crippen LogP contribution is -2.34. The summed E-state index contributed by atoms with van der Waals surface area (Å²) in [7, 11) is 0. The van der Waals surface area contributed by atoms with Crippen LogP contribution in [0.15, 0.2) is 54.6 Å². The fourth-order valence-electron chi connectivity index (χ4n) is 2.69. The molecule has 1 aliphatic heterocycles. The largest absolute Gasteiger partial charge is 0.490 e. The molecule has 0 radical (unpaired) electrons. The zero-order valence-electron chi connectivity index (χ0n) is 14.0. The Labute approximate surface area is 146 Å². The van der Waals surface area contributed by atoms with Crippen LogP contribution in [-0.2, 0) is 4.79 Å². The molecule has 130 valence electrons. The van der Waals surface area contributed by atoms with Crippen molar-refractivity contribution >= 4 is 11.9 Å². The Hall–Kier alpha value is -3.02. The molecule has 2 aromatic rings.